The minimum atomic E-state index is -1.47. The molecule has 0 aliphatic heterocycles. The first-order valence-corrected chi connectivity index (χ1v) is 8.41. The molecule has 0 heterocycles. The highest BCUT2D eigenvalue weighted by atomic mass is 79.9. The number of benzene rings is 1. The molecule has 120 valence electrons. The van der Waals surface area contributed by atoms with Crippen LogP contribution in [0.25, 0.3) is 0 Å². The number of halogens is 3. The smallest absolute Gasteiger partial charge is 0.140 e. The monoisotopic (exact) mass is 383 g/mol. The molecule has 3 nitrogen and oxygen atoms in total. The van der Waals surface area contributed by atoms with Gasteiger partial charge in [-0.2, -0.15) is 0 Å². The zero-order valence-corrected chi connectivity index (χ0v) is 14.9. The topological polar surface area (TPSA) is 55.3 Å². The minimum Gasteiger partial charge on any atom is -0.598 e. The molecule has 0 spiro atoms. The molecule has 2 atom stereocenters. The van der Waals surface area contributed by atoms with Crippen LogP contribution in [0.1, 0.15) is 39.7 Å². The first-order valence-electron chi connectivity index (χ1n) is 6.47. The van der Waals surface area contributed by atoms with Crippen LogP contribution in [-0.4, -0.2) is 21.0 Å². The molecule has 0 aromatic heterocycles. The highest BCUT2D eigenvalue weighted by Gasteiger charge is 2.38. The molecule has 0 radical (unpaired) electrons. The van der Waals surface area contributed by atoms with Crippen LogP contribution in [-0.2, 0) is 16.9 Å². The first-order chi connectivity index (χ1) is 9.51. The third-order valence-electron chi connectivity index (χ3n) is 3.09. The second-order valence-electron chi connectivity index (χ2n) is 6.04. The lowest BCUT2D eigenvalue weighted by Gasteiger charge is -2.35. The second-order valence-corrected chi connectivity index (χ2v) is 8.86. The van der Waals surface area contributed by atoms with Gasteiger partial charge in [-0.05, 0) is 56.1 Å². The van der Waals surface area contributed by atoms with Gasteiger partial charge in [0.1, 0.15) is 16.4 Å². The molecule has 1 aromatic carbocycles. The average molecular weight is 384 g/mol. The summed E-state index contributed by atoms with van der Waals surface area (Å²) in [7, 11) is 0. The van der Waals surface area contributed by atoms with Crippen molar-refractivity contribution in [1.29, 1.82) is 0 Å². The van der Waals surface area contributed by atoms with Gasteiger partial charge in [0, 0.05) is 29.6 Å². The summed E-state index contributed by atoms with van der Waals surface area (Å²) in [4.78, 5) is 0. The standard InChI is InChI=1S/C14H20BrF2NO2S/c1-13(2,3)21(20)18-14(4,5-6-19)9-7-10(15)12(17)8-11(9)16/h7-8,18-19H,5-6H2,1-4H3/t14?,21-/m1/s1. The Morgan fingerprint density at radius 3 is 2.29 bits per heavy atom. The molecule has 0 aliphatic carbocycles. The molecule has 0 bridgehead atoms. The predicted molar refractivity (Wildman–Crippen MR) is 84.1 cm³/mol. The summed E-state index contributed by atoms with van der Waals surface area (Å²) >= 11 is 1.56. The lowest BCUT2D eigenvalue weighted by atomic mass is 9.89. The summed E-state index contributed by atoms with van der Waals surface area (Å²) in [5, 5.41) is 9.25. The normalized spacial score (nSPS) is 16.6. The van der Waals surface area contributed by atoms with E-state index < -0.39 is 33.3 Å². The van der Waals surface area contributed by atoms with Crippen LogP contribution in [0.2, 0.25) is 0 Å². The van der Waals surface area contributed by atoms with Crippen LogP contribution in [0.3, 0.4) is 0 Å². The van der Waals surface area contributed by atoms with Crippen molar-refractivity contribution in [2.45, 2.75) is 44.4 Å². The molecular weight excluding hydrogens is 364 g/mol. The van der Waals surface area contributed by atoms with E-state index in [2.05, 4.69) is 20.7 Å². The Kier molecular flexibility index (Phi) is 6.20. The fraction of sp³-hybridized carbons (Fsp3) is 0.571. The van der Waals surface area contributed by atoms with E-state index in [9.17, 15) is 18.4 Å². The minimum absolute atomic E-state index is 0.117. The van der Waals surface area contributed by atoms with Gasteiger partial charge in [0.15, 0.2) is 0 Å². The molecule has 1 unspecified atom stereocenters. The number of rotatable bonds is 5. The van der Waals surface area contributed by atoms with Crippen molar-refractivity contribution in [3.05, 3.63) is 33.8 Å². The van der Waals surface area contributed by atoms with Gasteiger partial charge in [-0.15, -0.1) is 4.72 Å². The van der Waals surface area contributed by atoms with Crippen molar-refractivity contribution < 1.29 is 18.4 Å². The van der Waals surface area contributed by atoms with Crippen LogP contribution in [0.15, 0.2) is 16.6 Å². The molecule has 0 aliphatic rings. The maximum atomic E-state index is 14.1. The van der Waals surface area contributed by atoms with Crippen LogP contribution >= 0.6 is 15.9 Å². The first kappa shape index (κ1) is 18.8. The summed E-state index contributed by atoms with van der Waals surface area (Å²) in [5.74, 6) is -1.45. The average Bonchev–Trinajstić information content (AvgIpc) is 2.32. The lowest BCUT2D eigenvalue weighted by Crippen LogP contribution is -2.50. The zero-order valence-electron chi connectivity index (χ0n) is 12.5. The van der Waals surface area contributed by atoms with Gasteiger partial charge in [0.05, 0.1) is 10.0 Å². The summed E-state index contributed by atoms with van der Waals surface area (Å²) < 4.78 is 42.2. The van der Waals surface area contributed by atoms with Crippen LogP contribution in [0, 0.1) is 11.6 Å². The Hall–Kier alpha value is -0.210. The summed E-state index contributed by atoms with van der Waals surface area (Å²) in [6.07, 6.45) is 0.143. The number of aliphatic hydroxyl groups is 1. The second kappa shape index (κ2) is 6.91. The van der Waals surface area contributed by atoms with E-state index >= 15 is 0 Å². The molecule has 1 aromatic rings. The maximum absolute atomic E-state index is 14.1. The fourth-order valence-corrected chi connectivity index (χ4v) is 3.04. The molecule has 0 saturated carbocycles. The Labute approximate surface area is 135 Å². The van der Waals surface area contributed by atoms with E-state index in [1.807, 2.05) is 0 Å². The SMILES string of the molecule is CC(CCO)(N[S@+]([O-])C(C)(C)C)c1cc(Br)c(F)cc1F. The molecule has 21 heavy (non-hydrogen) atoms. The Morgan fingerprint density at radius 2 is 1.81 bits per heavy atom. The Balaban J connectivity index is 3.25. The third kappa shape index (κ3) is 4.63. The van der Waals surface area contributed by atoms with E-state index in [1.165, 1.54) is 6.07 Å². The maximum Gasteiger partial charge on any atom is 0.140 e. The lowest BCUT2D eigenvalue weighted by molar-refractivity contribution is 0.234. The van der Waals surface area contributed by atoms with Crippen molar-refractivity contribution in [2.75, 3.05) is 6.61 Å². The number of nitrogens with one attached hydrogen (secondary N) is 1. The molecule has 0 saturated heterocycles. The number of hydrogen-bond donors (Lipinski definition) is 2. The van der Waals surface area contributed by atoms with Crippen LogP contribution in [0.4, 0.5) is 8.78 Å². The van der Waals surface area contributed by atoms with Crippen LogP contribution < -0.4 is 4.72 Å². The van der Waals surface area contributed by atoms with Crippen molar-refractivity contribution in [1.82, 2.24) is 4.72 Å². The number of hydrogen-bond acceptors (Lipinski definition) is 3. The predicted octanol–water partition coefficient (Wildman–Crippen LogP) is 3.38. The quantitative estimate of drug-likeness (QED) is 0.605. The van der Waals surface area contributed by atoms with Gasteiger partial charge in [0.2, 0.25) is 0 Å². The van der Waals surface area contributed by atoms with Crippen molar-refractivity contribution in [2.24, 2.45) is 0 Å². The van der Waals surface area contributed by atoms with E-state index in [0.717, 1.165) is 6.07 Å². The van der Waals surface area contributed by atoms with Gasteiger partial charge in [-0.25, -0.2) is 8.78 Å². The highest BCUT2D eigenvalue weighted by molar-refractivity contribution is 9.10. The molecule has 0 fully saturated rings. The Morgan fingerprint density at radius 1 is 1.24 bits per heavy atom. The highest BCUT2D eigenvalue weighted by Crippen LogP contribution is 2.33. The van der Waals surface area contributed by atoms with Crippen LogP contribution in [0.5, 0.6) is 0 Å². The largest absolute Gasteiger partial charge is 0.598 e. The van der Waals surface area contributed by atoms with E-state index in [1.54, 1.807) is 27.7 Å². The summed E-state index contributed by atoms with van der Waals surface area (Å²) in [6.45, 7) is 6.76. The van der Waals surface area contributed by atoms with Crippen molar-refractivity contribution >= 4 is 27.3 Å². The molecule has 2 N–H and O–H groups in total. The van der Waals surface area contributed by atoms with Gasteiger partial charge in [0.25, 0.3) is 0 Å². The molecule has 7 heteroatoms. The van der Waals surface area contributed by atoms with Gasteiger partial charge < -0.3 is 9.66 Å². The summed E-state index contributed by atoms with van der Waals surface area (Å²) in [5.41, 5.74) is -0.921. The molecule has 1 rings (SSSR count). The summed E-state index contributed by atoms with van der Waals surface area (Å²) in [6, 6.07) is 2.09. The third-order valence-corrected chi connectivity index (χ3v) is 5.45. The van der Waals surface area contributed by atoms with E-state index in [4.69, 9.17) is 0 Å². The zero-order chi connectivity index (χ0) is 16.4. The van der Waals surface area contributed by atoms with E-state index in [-0.39, 0.29) is 23.1 Å². The molecular formula is C14H20BrF2NO2S. The van der Waals surface area contributed by atoms with Gasteiger partial charge in [-0.1, -0.05) is 0 Å². The number of aliphatic hydroxyl groups excluding tert-OH is 1. The van der Waals surface area contributed by atoms with Crippen molar-refractivity contribution in [3.63, 3.8) is 0 Å². The molecule has 0 amide bonds. The van der Waals surface area contributed by atoms with Gasteiger partial charge >= 0.3 is 0 Å². The van der Waals surface area contributed by atoms with Gasteiger partial charge in [-0.3, -0.25) is 0 Å². The van der Waals surface area contributed by atoms with E-state index in [0.29, 0.717) is 0 Å². The fourth-order valence-electron chi connectivity index (χ4n) is 1.77. The Bertz CT molecular complexity index is 510. The van der Waals surface area contributed by atoms with Crippen molar-refractivity contribution in [3.8, 4) is 0 Å².